The molecule has 0 amide bonds. The Bertz CT molecular complexity index is 856. The molecule has 2 aromatic heterocycles. The van der Waals surface area contributed by atoms with E-state index >= 15 is 0 Å². The Balaban J connectivity index is 1.90. The van der Waals surface area contributed by atoms with E-state index in [1.165, 1.54) is 15.9 Å². The number of aromatic nitrogens is 3. The number of rotatable bonds is 4. The van der Waals surface area contributed by atoms with Crippen molar-refractivity contribution in [2.75, 3.05) is 11.9 Å². The van der Waals surface area contributed by atoms with Gasteiger partial charge in [-0.25, -0.2) is 4.98 Å². The SMILES string of the molecule is CCc1nn2c(=O)cc(CN(C)c3ccc(Cl)cc3)nc2s1. The van der Waals surface area contributed by atoms with Gasteiger partial charge in [0.15, 0.2) is 0 Å². The Morgan fingerprint density at radius 1 is 1.32 bits per heavy atom. The van der Waals surface area contributed by atoms with Crippen molar-refractivity contribution in [2.45, 2.75) is 19.9 Å². The number of benzene rings is 1. The van der Waals surface area contributed by atoms with Crippen molar-refractivity contribution >= 4 is 33.6 Å². The summed E-state index contributed by atoms with van der Waals surface area (Å²) < 4.78 is 1.37. The topological polar surface area (TPSA) is 50.5 Å². The lowest BCUT2D eigenvalue weighted by molar-refractivity contribution is 0.825. The predicted molar refractivity (Wildman–Crippen MR) is 90.1 cm³/mol. The molecular formula is C15H15ClN4OS. The number of aryl methyl sites for hydroxylation is 1. The van der Waals surface area contributed by atoms with Crippen molar-refractivity contribution in [1.82, 2.24) is 14.6 Å². The van der Waals surface area contributed by atoms with Gasteiger partial charge in [0.25, 0.3) is 5.56 Å². The van der Waals surface area contributed by atoms with Crippen LogP contribution in [0.15, 0.2) is 35.1 Å². The summed E-state index contributed by atoms with van der Waals surface area (Å²) in [5.74, 6) is 0. The summed E-state index contributed by atoms with van der Waals surface area (Å²) >= 11 is 7.35. The molecule has 0 bridgehead atoms. The minimum absolute atomic E-state index is 0.138. The number of fused-ring (bicyclic) bond motifs is 1. The second kappa shape index (κ2) is 6.06. The molecule has 114 valence electrons. The monoisotopic (exact) mass is 334 g/mol. The molecule has 0 unspecified atom stereocenters. The van der Waals surface area contributed by atoms with E-state index in [1.54, 1.807) is 6.07 Å². The van der Waals surface area contributed by atoms with E-state index in [4.69, 9.17) is 11.6 Å². The van der Waals surface area contributed by atoms with Crippen molar-refractivity contribution in [3.8, 4) is 0 Å². The average Bonchev–Trinajstić information content (AvgIpc) is 2.91. The van der Waals surface area contributed by atoms with Crippen molar-refractivity contribution in [1.29, 1.82) is 0 Å². The van der Waals surface area contributed by atoms with E-state index in [-0.39, 0.29) is 5.56 Å². The van der Waals surface area contributed by atoms with E-state index in [2.05, 4.69) is 10.1 Å². The molecule has 3 aromatic rings. The minimum atomic E-state index is -0.138. The van der Waals surface area contributed by atoms with Crippen LogP contribution < -0.4 is 10.5 Å². The van der Waals surface area contributed by atoms with Gasteiger partial charge >= 0.3 is 0 Å². The highest BCUT2D eigenvalue weighted by molar-refractivity contribution is 7.16. The molecule has 0 aliphatic heterocycles. The lowest BCUT2D eigenvalue weighted by Gasteiger charge is -2.18. The summed E-state index contributed by atoms with van der Waals surface area (Å²) in [6.07, 6.45) is 0.799. The fourth-order valence-corrected chi connectivity index (χ4v) is 3.13. The smallest absolute Gasteiger partial charge is 0.275 e. The zero-order valence-corrected chi connectivity index (χ0v) is 13.9. The lowest BCUT2D eigenvalue weighted by atomic mass is 10.3. The van der Waals surface area contributed by atoms with E-state index in [9.17, 15) is 4.79 Å². The highest BCUT2D eigenvalue weighted by Gasteiger charge is 2.10. The van der Waals surface area contributed by atoms with Crippen LogP contribution in [0.5, 0.6) is 0 Å². The summed E-state index contributed by atoms with van der Waals surface area (Å²) in [4.78, 5) is 19.3. The summed E-state index contributed by atoms with van der Waals surface area (Å²) in [6.45, 7) is 2.56. The molecule has 1 aromatic carbocycles. The highest BCUT2D eigenvalue weighted by atomic mass is 35.5. The molecular weight excluding hydrogens is 320 g/mol. The number of hydrogen-bond acceptors (Lipinski definition) is 5. The maximum Gasteiger partial charge on any atom is 0.275 e. The Kier molecular flexibility index (Phi) is 4.13. The highest BCUT2D eigenvalue weighted by Crippen LogP contribution is 2.18. The van der Waals surface area contributed by atoms with Crippen molar-refractivity contribution in [2.24, 2.45) is 0 Å². The molecule has 2 heterocycles. The van der Waals surface area contributed by atoms with Crippen LogP contribution in [0.4, 0.5) is 5.69 Å². The van der Waals surface area contributed by atoms with Crippen LogP contribution in [0.2, 0.25) is 5.02 Å². The molecule has 0 N–H and O–H groups in total. The normalized spacial score (nSPS) is 11.0. The first kappa shape index (κ1) is 15.0. The first-order chi connectivity index (χ1) is 10.6. The van der Waals surface area contributed by atoms with Crippen molar-refractivity contribution in [3.63, 3.8) is 0 Å². The molecule has 0 spiro atoms. The van der Waals surface area contributed by atoms with E-state index in [0.717, 1.165) is 22.8 Å². The average molecular weight is 335 g/mol. The minimum Gasteiger partial charge on any atom is -0.369 e. The molecule has 0 atom stereocenters. The van der Waals surface area contributed by atoms with Gasteiger partial charge in [-0.1, -0.05) is 29.9 Å². The predicted octanol–water partition coefficient (Wildman–Crippen LogP) is 3.00. The number of nitrogens with zero attached hydrogens (tertiary/aromatic N) is 4. The number of hydrogen-bond donors (Lipinski definition) is 0. The van der Waals surface area contributed by atoms with Crippen LogP contribution in [0.25, 0.3) is 4.96 Å². The van der Waals surface area contributed by atoms with E-state index < -0.39 is 0 Å². The maximum atomic E-state index is 12.1. The first-order valence-corrected chi connectivity index (χ1v) is 8.11. The molecule has 0 saturated heterocycles. The van der Waals surface area contributed by atoms with Crippen LogP contribution in [0.3, 0.4) is 0 Å². The largest absolute Gasteiger partial charge is 0.369 e. The van der Waals surface area contributed by atoms with Gasteiger partial charge in [-0.3, -0.25) is 4.79 Å². The van der Waals surface area contributed by atoms with Crippen molar-refractivity contribution in [3.05, 3.63) is 56.4 Å². The van der Waals surface area contributed by atoms with Gasteiger partial charge in [-0.05, 0) is 30.7 Å². The van der Waals surface area contributed by atoms with Crippen LogP contribution in [-0.2, 0) is 13.0 Å². The molecule has 0 aliphatic carbocycles. The Morgan fingerprint density at radius 3 is 2.73 bits per heavy atom. The fourth-order valence-electron chi connectivity index (χ4n) is 2.15. The van der Waals surface area contributed by atoms with Crippen molar-refractivity contribution < 1.29 is 0 Å². The summed E-state index contributed by atoms with van der Waals surface area (Å²) in [6, 6.07) is 9.11. The van der Waals surface area contributed by atoms with Gasteiger partial charge in [0.05, 0.1) is 12.2 Å². The maximum absolute atomic E-state index is 12.1. The second-order valence-corrected chi connectivity index (χ2v) is 6.44. The molecule has 0 radical (unpaired) electrons. The molecule has 3 rings (SSSR count). The Morgan fingerprint density at radius 2 is 2.05 bits per heavy atom. The van der Waals surface area contributed by atoms with Gasteiger partial charge in [0, 0.05) is 23.8 Å². The van der Waals surface area contributed by atoms with Gasteiger partial charge in [0.1, 0.15) is 5.01 Å². The molecule has 0 fully saturated rings. The van der Waals surface area contributed by atoms with E-state index in [0.29, 0.717) is 16.5 Å². The molecule has 5 nitrogen and oxygen atoms in total. The molecule has 0 aliphatic rings. The number of anilines is 1. The standard InChI is InChI=1S/C15H15ClN4OS/c1-3-13-18-20-14(21)8-11(17-15(20)22-13)9-19(2)12-6-4-10(16)5-7-12/h4-8H,3,9H2,1-2H3. The molecule has 0 saturated carbocycles. The van der Waals surface area contributed by atoms with Gasteiger partial charge < -0.3 is 4.90 Å². The van der Waals surface area contributed by atoms with Crippen LogP contribution >= 0.6 is 22.9 Å². The quantitative estimate of drug-likeness (QED) is 0.736. The van der Waals surface area contributed by atoms with Crippen LogP contribution in [0, 0.1) is 0 Å². The lowest BCUT2D eigenvalue weighted by Crippen LogP contribution is -2.21. The van der Waals surface area contributed by atoms with Gasteiger partial charge in [-0.15, -0.1) is 0 Å². The summed E-state index contributed by atoms with van der Waals surface area (Å²) in [5, 5.41) is 5.86. The zero-order chi connectivity index (χ0) is 15.7. The van der Waals surface area contributed by atoms with E-state index in [1.807, 2.05) is 43.1 Å². The third-order valence-electron chi connectivity index (χ3n) is 3.31. The summed E-state index contributed by atoms with van der Waals surface area (Å²) in [5.41, 5.74) is 1.61. The zero-order valence-electron chi connectivity index (χ0n) is 12.3. The Labute approximate surface area is 136 Å². The second-order valence-electron chi connectivity index (χ2n) is 4.96. The molecule has 22 heavy (non-hydrogen) atoms. The Hall–Kier alpha value is -1.92. The van der Waals surface area contributed by atoms with Gasteiger partial charge in [-0.2, -0.15) is 9.61 Å². The van der Waals surface area contributed by atoms with Gasteiger partial charge in [0.2, 0.25) is 4.96 Å². The third-order valence-corrected chi connectivity index (χ3v) is 4.61. The first-order valence-electron chi connectivity index (χ1n) is 6.92. The van der Waals surface area contributed by atoms with Crippen LogP contribution in [0.1, 0.15) is 17.6 Å². The molecule has 7 heteroatoms. The van der Waals surface area contributed by atoms with Crippen LogP contribution in [-0.4, -0.2) is 21.6 Å². The fraction of sp³-hybridized carbons (Fsp3) is 0.267. The number of halogens is 1. The summed E-state index contributed by atoms with van der Waals surface area (Å²) in [7, 11) is 1.96. The third kappa shape index (κ3) is 2.98.